The van der Waals surface area contributed by atoms with E-state index in [4.69, 9.17) is 54.4 Å². The molecule has 21 heteroatoms. The third-order valence-electron chi connectivity index (χ3n) is 9.62. The first-order chi connectivity index (χ1) is 29.5. The van der Waals surface area contributed by atoms with Crippen molar-refractivity contribution < 1.29 is 23.7 Å². The molecule has 0 unspecified atom stereocenters. The van der Waals surface area contributed by atoms with Crippen molar-refractivity contribution in [1.82, 2.24) is 37.8 Å². The van der Waals surface area contributed by atoms with Crippen LogP contribution in [0.5, 0.6) is 17.2 Å². The molecular formula is C42H45Cl2FN10O8. The van der Waals surface area contributed by atoms with Crippen LogP contribution in [-0.4, -0.2) is 57.2 Å². The Morgan fingerprint density at radius 3 is 1.76 bits per heavy atom. The van der Waals surface area contributed by atoms with E-state index in [2.05, 4.69) is 15.0 Å². The number of aryl methyl sites for hydroxylation is 2. The first-order valence-corrected chi connectivity index (χ1v) is 19.5. The van der Waals surface area contributed by atoms with Gasteiger partial charge in [-0.15, -0.1) is 0 Å². The number of benzene rings is 2. The number of nitrogens with zero attached hydrogens (tertiary/aromatic N) is 10. The Kier molecular flexibility index (Phi) is 15.5. The van der Waals surface area contributed by atoms with Gasteiger partial charge in [0.25, 0.3) is 11.1 Å². The van der Waals surface area contributed by atoms with Crippen LogP contribution in [0.1, 0.15) is 56.0 Å². The zero-order valence-electron chi connectivity index (χ0n) is 36.1. The number of nitriles is 1. The molecule has 0 radical (unpaired) electrons. The molecule has 0 bridgehead atoms. The van der Waals surface area contributed by atoms with Crippen LogP contribution in [0.15, 0.2) is 80.1 Å². The highest BCUT2D eigenvalue weighted by molar-refractivity contribution is 6.31. The van der Waals surface area contributed by atoms with Crippen molar-refractivity contribution in [3.8, 4) is 23.3 Å². The predicted molar refractivity (Wildman–Crippen MR) is 232 cm³/mol. The van der Waals surface area contributed by atoms with E-state index in [1.54, 1.807) is 61.0 Å². The van der Waals surface area contributed by atoms with Gasteiger partial charge in [0.15, 0.2) is 40.4 Å². The van der Waals surface area contributed by atoms with E-state index in [-0.39, 0.29) is 47.3 Å². The maximum atomic E-state index is 13.7. The summed E-state index contributed by atoms with van der Waals surface area (Å²) < 4.78 is 37.7. The highest BCUT2D eigenvalue weighted by Gasteiger charge is 2.27. The van der Waals surface area contributed by atoms with Crippen molar-refractivity contribution in [3.05, 3.63) is 158 Å². The van der Waals surface area contributed by atoms with Gasteiger partial charge < -0.3 is 28.5 Å². The van der Waals surface area contributed by atoms with Crippen LogP contribution >= 0.6 is 23.2 Å². The monoisotopic (exact) mass is 906 g/mol. The second kappa shape index (κ2) is 20.0. The lowest BCUT2D eigenvalue weighted by molar-refractivity contribution is -0.0584. The van der Waals surface area contributed by atoms with Crippen molar-refractivity contribution in [2.45, 2.75) is 66.1 Å². The molecule has 63 heavy (non-hydrogen) atoms. The normalized spacial score (nSPS) is 11.2. The summed E-state index contributed by atoms with van der Waals surface area (Å²) in [6.07, 6.45) is 3.08. The number of hydrogen-bond acceptors (Lipinski definition) is 11. The third-order valence-corrected chi connectivity index (χ3v) is 10.1. The Bertz CT molecular complexity index is 2960. The van der Waals surface area contributed by atoms with Gasteiger partial charge in [0.05, 0.1) is 31.3 Å². The van der Waals surface area contributed by atoms with Crippen molar-refractivity contribution in [2.75, 3.05) is 14.2 Å². The predicted octanol–water partition coefficient (Wildman–Crippen LogP) is 5.93. The highest BCUT2D eigenvalue weighted by atomic mass is 35.5. The molecule has 6 aromatic rings. The number of aromatic nitrogens is 8. The van der Waals surface area contributed by atoms with Gasteiger partial charge in [-0.3, -0.25) is 18.7 Å². The van der Waals surface area contributed by atoms with Crippen LogP contribution in [0, 0.1) is 37.6 Å². The standard InChI is InChI=1S/C21H22ClN5O4.C14H19FN4O3.C7H4ClNO/c1-13-6-7-26(12-17-24-27(20(29)25(17)4)21(2,3)30-5)19(28)18(13)31-16-9-14(11-23)8-15(22)10-16;1-9-6-7-18(12(20)11(9)15)8-10-16-19(13(21)17(10)4)14(2,3)22-5;1-9-6-2-5(8)3-7(10)4-6/h6-10H,12H2,1-5H3;6-7H,8H2,1-5H3;2-4,10H. The van der Waals surface area contributed by atoms with Gasteiger partial charge in [-0.05, 0) is 101 Å². The fourth-order valence-corrected chi connectivity index (χ4v) is 5.94. The van der Waals surface area contributed by atoms with Gasteiger partial charge in [0, 0.05) is 50.8 Å². The lowest BCUT2D eigenvalue weighted by Crippen LogP contribution is -2.38. The van der Waals surface area contributed by atoms with Crippen LogP contribution in [0.25, 0.3) is 4.85 Å². The van der Waals surface area contributed by atoms with Crippen molar-refractivity contribution in [1.29, 1.82) is 5.26 Å². The highest BCUT2D eigenvalue weighted by Crippen LogP contribution is 2.27. The molecular weight excluding hydrogens is 862 g/mol. The third kappa shape index (κ3) is 11.4. The van der Waals surface area contributed by atoms with E-state index >= 15 is 0 Å². The van der Waals surface area contributed by atoms with Crippen LogP contribution in [0.2, 0.25) is 10.0 Å². The maximum absolute atomic E-state index is 13.7. The molecule has 0 saturated heterocycles. The summed E-state index contributed by atoms with van der Waals surface area (Å²) in [5.41, 5.74) is -2.19. The van der Waals surface area contributed by atoms with E-state index in [1.807, 2.05) is 6.07 Å². The molecule has 0 aliphatic heterocycles. The summed E-state index contributed by atoms with van der Waals surface area (Å²) >= 11 is 11.6. The van der Waals surface area contributed by atoms with E-state index in [1.165, 1.54) is 97.4 Å². The van der Waals surface area contributed by atoms with Crippen LogP contribution < -0.4 is 27.2 Å². The topological polar surface area (TPSA) is 200 Å². The van der Waals surface area contributed by atoms with E-state index in [0.717, 1.165) is 0 Å². The zero-order valence-corrected chi connectivity index (χ0v) is 37.6. The van der Waals surface area contributed by atoms with Gasteiger partial charge in [0.1, 0.15) is 11.5 Å². The summed E-state index contributed by atoms with van der Waals surface area (Å²) in [4.78, 5) is 52.8. The Labute approximate surface area is 370 Å². The molecule has 6 rings (SSSR count). The molecule has 0 amide bonds. The van der Waals surface area contributed by atoms with Gasteiger partial charge in [0.2, 0.25) is 0 Å². The fraction of sp³-hybridized carbons (Fsp3) is 0.333. The number of halogens is 3. The van der Waals surface area contributed by atoms with Gasteiger partial charge in [-0.2, -0.15) is 24.8 Å². The Morgan fingerprint density at radius 2 is 1.29 bits per heavy atom. The molecule has 1 N–H and O–H groups in total. The molecule has 0 atom stereocenters. The first-order valence-electron chi connectivity index (χ1n) is 18.7. The molecule has 0 fully saturated rings. The minimum atomic E-state index is -0.940. The van der Waals surface area contributed by atoms with Crippen molar-refractivity contribution in [3.63, 3.8) is 0 Å². The second-order valence-corrected chi connectivity index (χ2v) is 15.7. The minimum absolute atomic E-state index is 0.00539. The summed E-state index contributed by atoms with van der Waals surface area (Å²) in [5.74, 6) is 0.306. The minimum Gasteiger partial charge on any atom is -0.509 e. The Balaban J connectivity index is 0.000000235. The van der Waals surface area contributed by atoms with Crippen molar-refractivity contribution >= 4 is 28.9 Å². The second-order valence-electron chi connectivity index (χ2n) is 14.8. The SMILES string of the molecule is COC(C)(C)n1nc(Cn2ccc(C)c(F)c2=O)n(C)c1=O.COC(C)(C)n1nc(Cn2ccc(C)c(Oc3cc(Cl)cc(C#N)c3)c2=O)n(C)c1=O.[C-]#[N+]c1cc(O)cc(Cl)c1. The number of hydrogen-bond donors (Lipinski definition) is 1. The number of aromatic hydroxyl groups is 1. The summed E-state index contributed by atoms with van der Waals surface area (Å²) in [5, 5.41) is 27.3. The fourth-order valence-electron chi connectivity index (χ4n) is 5.49. The number of phenols is 1. The van der Waals surface area contributed by atoms with Gasteiger partial charge in [-0.1, -0.05) is 23.2 Å². The zero-order chi connectivity index (χ0) is 47.1. The lowest BCUT2D eigenvalue weighted by Gasteiger charge is -2.21. The summed E-state index contributed by atoms with van der Waals surface area (Å²) in [7, 11) is 6.09. The molecule has 4 aromatic heterocycles. The Morgan fingerprint density at radius 1 is 0.794 bits per heavy atom. The lowest BCUT2D eigenvalue weighted by atomic mass is 10.2. The number of rotatable bonds is 10. The largest absolute Gasteiger partial charge is 0.509 e. The molecule has 0 aliphatic rings. The number of ether oxygens (including phenoxy) is 3. The molecule has 0 spiro atoms. The molecule has 332 valence electrons. The van der Waals surface area contributed by atoms with E-state index in [9.17, 15) is 23.6 Å². The number of phenolic OH excluding ortho intramolecular Hbond substituents is 1. The van der Waals surface area contributed by atoms with E-state index < -0.39 is 28.4 Å². The molecule has 0 aliphatic carbocycles. The average molecular weight is 908 g/mol. The van der Waals surface area contributed by atoms with Crippen LogP contribution in [0.4, 0.5) is 10.1 Å². The van der Waals surface area contributed by atoms with Gasteiger partial charge in [-0.25, -0.2) is 18.8 Å². The van der Waals surface area contributed by atoms with Crippen molar-refractivity contribution in [2.24, 2.45) is 14.1 Å². The number of methoxy groups -OCH3 is 2. The summed E-state index contributed by atoms with van der Waals surface area (Å²) in [6, 6.07) is 14.0. The molecule has 0 saturated carbocycles. The molecule has 18 nitrogen and oxygen atoms in total. The quantitative estimate of drug-likeness (QED) is 0.160. The first kappa shape index (κ1) is 48.9. The van der Waals surface area contributed by atoms with Crippen LogP contribution in [-0.2, 0) is 48.1 Å². The number of pyridine rings is 2. The summed E-state index contributed by atoms with van der Waals surface area (Å²) in [6.45, 7) is 16.7. The molecule has 4 heterocycles. The maximum Gasteiger partial charge on any atom is 0.348 e. The van der Waals surface area contributed by atoms with Gasteiger partial charge >= 0.3 is 11.4 Å². The molecule has 2 aromatic carbocycles. The Hall–Kier alpha value is -6.77. The van der Waals surface area contributed by atoms with E-state index in [0.29, 0.717) is 38.5 Å². The average Bonchev–Trinajstić information content (AvgIpc) is 3.69. The van der Waals surface area contributed by atoms with Crippen LogP contribution in [0.3, 0.4) is 0 Å². The smallest absolute Gasteiger partial charge is 0.348 e.